The van der Waals surface area contributed by atoms with Gasteiger partial charge in [-0.05, 0) is 31.4 Å². The summed E-state index contributed by atoms with van der Waals surface area (Å²) >= 11 is 0. The highest BCUT2D eigenvalue weighted by Crippen LogP contribution is 2.07. The van der Waals surface area contributed by atoms with Crippen LogP contribution in [0.4, 0.5) is 5.69 Å². The van der Waals surface area contributed by atoms with Crippen LogP contribution in [0.1, 0.15) is 12.5 Å². The molecule has 2 aromatic carbocycles. The molecule has 0 aromatic heterocycles. The highest BCUT2D eigenvalue weighted by Gasteiger charge is 2.18. The predicted molar refractivity (Wildman–Crippen MR) is 78.3 cm³/mol. The number of anilines is 1. The van der Waals surface area contributed by atoms with E-state index in [1.54, 1.807) is 0 Å². The van der Waals surface area contributed by atoms with Crippen LogP contribution in [-0.4, -0.2) is 13.7 Å². The second-order valence-corrected chi connectivity index (χ2v) is 4.26. The lowest BCUT2D eigenvalue weighted by molar-refractivity contribution is 0.354. The van der Waals surface area contributed by atoms with Gasteiger partial charge in [0.1, 0.15) is 0 Å². The van der Waals surface area contributed by atoms with Crippen LogP contribution in [0.2, 0.25) is 0 Å². The van der Waals surface area contributed by atoms with E-state index in [2.05, 4.69) is 36.4 Å². The fourth-order valence-corrected chi connectivity index (χ4v) is 1.81. The summed E-state index contributed by atoms with van der Waals surface area (Å²) in [7, 11) is -0.0991. The largest absolute Gasteiger partial charge is 0.449 e. The standard InChI is InChI=1S/C15H18BNO/c1-3-18-16(14-11-9-13(2)10-12-14)17-15-7-5-4-6-8-15/h4-12,17H,3H2,1-2H3. The molecule has 92 valence electrons. The maximum absolute atomic E-state index is 5.76. The molecule has 0 saturated carbocycles. The molecule has 1 N–H and O–H groups in total. The Balaban J connectivity index is 2.15. The minimum atomic E-state index is -0.0991. The van der Waals surface area contributed by atoms with Crippen molar-refractivity contribution in [3.05, 3.63) is 60.2 Å². The molecule has 3 heteroatoms. The number of hydrogen-bond donors (Lipinski definition) is 1. The Kier molecular flexibility index (Phi) is 4.43. The Hall–Kier alpha value is -1.74. The molecule has 0 amide bonds. The van der Waals surface area contributed by atoms with Crippen LogP contribution in [-0.2, 0) is 4.65 Å². The summed E-state index contributed by atoms with van der Waals surface area (Å²) in [5, 5.41) is 3.39. The van der Waals surface area contributed by atoms with Crippen molar-refractivity contribution in [3.63, 3.8) is 0 Å². The lowest BCUT2D eigenvalue weighted by Gasteiger charge is -2.16. The van der Waals surface area contributed by atoms with E-state index >= 15 is 0 Å². The molecule has 0 heterocycles. The predicted octanol–water partition coefficient (Wildman–Crippen LogP) is 2.84. The fraction of sp³-hybridized carbons (Fsp3) is 0.200. The van der Waals surface area contributed by atoms with Gasteiger partial charge in [0.25, 0.3) is 0 Å². The van der Waals surface area contributed by atoms with Crippen LogP contribution >= 0.6 is 0 Å². The summed E-state index contributed by atoms with van der Waals surface area (Å²) in [6.45, 7) is 4.77. The Labute approximate surface area is 109 Å². The summed E-state index contributed by atoms with van der Waals surface area (Å²) in [6.07, 6.45) is 0. The second-order valence-electron chi connectivity index (χ2n) is 4.26. The number of nitrogens with one attached hydrogen (secondary N) is 1. The lowest BCUT2D eigenvalue weighted by atomic mass is 9.73. The highest BCUT2D eigenvalue weighted by atomic mass is 16.4. The number of aryl methyl sites for hydroxylation is 1. The molecule has 0 fully saturated rings. The molecule has 2 rings (SSSR count). The van der Waals surface area contributed by atoms with Crippen molar-refractivity contribution in [2.75, 3.05) is 11.8 Å². The van der Waals surface area contributed by atoms with E-state index in [0.717, 1.165) is 11.2 Å². The maximum Gasteiger partial charge on any atom is 0.449 e. The van der Waals surface area contributed by atoms with Crippen LogP contribution in [0.15, 0.2) is 54.6 Å². The first-order chi connectivity index (χ1) is 8.79. The van der Waals surface area contributed by atoms with Crippen LogP contribution in [0.3, 0.4) is 0 Å². The number of rotatable bonds is 5. The van der Waals surface area contributed by atoms with Gasteiger partial charge in [-0.3, -0.25) is 0 Å². The van der Waals surface area contributed by atoms with Gasteiger partial charge in [0.15, 0.2) is 0 Å². The molecule has 0 bridgehead atoms. The quantitative estimate of drug-likeness (QED) is 0.810. The lowest BCUT2D eigenvalue weighted by Crippen LogP contribution is -2.41. The fourth-order valence-electron chi connectivity index (χ4n) is 1.81. The molecule has 0 radical (unpaired) electrons. The van der Waals surface area contributed by atoms with Gasteiger partial charge in [-0.25, -0.2) is 0 Å². The number of hydrogen-bond acceptors (Lipinski definition) is 2. The first-order valence-electron chi connectivity index (χ1n) is 6.29. The zero-order chi connectivity index (χ0) is 12.8. The van der Waals surface area contributed by atoms with Crippen molar-refractivity contribution >= 4 is 18.2 Å². The van der Waals surface area contributed by atoms with Crippen LogP contribution in [0, 0.1) is 6.92 Å². The van der Waals surface area contributed by atoms with Crippen molar-refractivity contribution < 1.29 is 4.65 Å². The van der Waals surface area contributed by atoms with Gasteiger partial charge in [-0.1, -0.05) is 48.0 Å². The van der Waals surface area contributed by atoms with Gasteiger partial charge in [-0.15, -0.1) is 0 Å². The monoisotopic (exact) mass is 239 g/mol. The zero-order valence-electron chi connectivity index (χ0n) is 10.9. The zero-order valence-corrected chi connectivity index (χ0v) is 10.9. The molecule has 0 aliphatic rings. The molecule has 0 unspecified atom stereocenters. The molecule has 2 aromatic rings. The first-order valence-corrected chi connectivity index (χ1v) is 6.29. The molecule has 0 spiro atoms. The van der Waals surface area contributed by atoms with Gasteiger partial charge >= 0.3 is 7.05 Å². The SMILES string of the molecule is CCOB(Nc1ccccc1)c1ccc(C)cc1. The van der Waals surface area contributed by atoms with Crippen molar-refractivity contribution in [2.24, 2.45) is 0 Å². The molecule has 0 aliphatic carbocycles. The summed E-state index contributed by atoms with van der Waals surface area (Å²) < 4.78 is 5.76. The molecule has 0 saturated heterocycles. The summed E-state index contributed by atoms with van der Waals surface area (Å²) in [5.74, 6) is 0. The van der Waals surface area contributed by atoms with Gasteiger partial charge < -0.3 is 9.88 Å². The topological polar surface area (TPSA) is 21.3 Å². The minimum Gasteiger partial charge on any atom is -0.413 e. The Bertz CT molecular complexity index is 470. The van der Waals surface area contributed by atoms with Crippen molar-refractivity contribution in [2.45, 2.75) is 13.8 Å². The smallest absolute Gasteiger partial charge is 0.413 e. The summed E-state index contributed by atoms with van der Waals surface area (Å²) in [6, 6.07) is 18.5. The molecular weight excluding hydrogens is 221 g/mol. The van der Waals surface area contributed by atoms with Gasteiger partial charge in [0.05, 0.1) is 0 Å². The normalized spacial score (nSPS) is 10.1. The molecule has 2 nitrogen and oxygen atoms in total. The van der Waals surface area contributed by atoms with E-state index in [9.17, 15) is 0 Å². The molecular formula is C15H18BNO. The first kappa shape index (κ1) is 12.7. The average molecular weight is 239 g/mol. The third-order valence-electron chi connectivity index (χ3n) is 2.78. The summed E-state index contributed by atoms with van der Waals surface area (Å²) in [5.41, 5.74) is 3.47. The van der Waals surface area contributed by atoms with Crippen LogP contribution in [0.25, 0.3) is 0 Å². The number of para-hydroxylation sites is 1. The van der Waals surface area contributed by atoms with Crippen molar-refractivity contribution in [3.8, 4) is 0 Å². The second kappa shape index (κ2) is 6.27. The van der Waals surface area contributed by atoms with Crippen molar-refractivity contribution in [1.29, 1.82) is 0 Å². The minimum absolute atomic E-state index is 0.0991. The van der Waals surface area contributed by atoms with E-state index < -0.39 is 0 Å². The molecule has 18 heavy (non-hydrogen) atoms. The Morgan fingerprint density at radius 2 is 1.67 bits per heavy atom. The van der Waals surface area contributed by atoms with Crippen LogP contribution < -0.4 is 10.7 Å². The molecule has 0 aliphatic heterocycles. The average Bonchev–Trinajstić information content (AvgIpc) is 2.40. The Morgan fingerprint density at radius 1 is 1.00 bits per heavy atom. The van der Waals surface area contributed by atoms with Crippen molar-refractivity contribution in [1.82, 2.24) is 0 Å². The third-order valence-corrected chi connectivity index (χ3v) is 2.78. The van der Waals surface area contributed by atoms with E-state index in [0.29, 0.717) is 6.61 Å². The highest BCUT2D eigenvalue weighted by molar-refractivity contribution is 6.70. The van der Waals surface area contributed by atoms with E-state index in [-0.39, 0.29) is 7.05 Å². The Morgan fingerprint density at radius 3 is 2.28 bits per heavy atom. The third kappa shape index (κ3) is 3.38. The van der Waals surface area contributed by atoms with Gasteiger partial charge in [0.2, 0.25) is 0 Å². The maximum atomic E-state index is 5.76. The van der Waals surface area contributed by atoms with E-state index in [1.807, 2.05) is 37.3 Å². The molecule has 0 atom stereocenters. The summed E-state index contributed by atoms with van der Waals surface area (Å²) in [4.78, 5) is 0. The number of benzene rings is 2. The van der Waals surface area contributed by atoms with Gasteiger partial charge in [0, 0.05) is 12.3 Å². The van der Waals surface area contributed by atoms with Gasteiger partial charge in [-0.2, -0.15) is 0 Å². The van der Waals surface area contributed by atoms with Crippen LogP contribution in [0.5, 0.6) is 0 Å². The van der Waals surface area contributed by atoms with E-state index in [1.165, 1.54) is 5.56 Å². The van der Waals surface area contributed by atoms with E-state index in [4.69, 9.17) is 4.65 Å².